The van der Waals surface area contributed by atoms with Crippen molar-refractivity contribution < 1.29 is 8.42 Å². The van der Waals surface area contributed by atoms with Crippen molar-refractivity contribution in [2.45, 2.75) is 42.5 Å². The monoisotopic (exact) mass is 413 g/mol. The van der Waals surface area contributed by atoms with Crippen molar-refractivity contribution >= 4 is 21.2 Å². The number of likely N-dealkylation sites (tertiary alicyclic amines) is 1. The highest BCUT2D eigenvalue weighted by atomic mass is 32.2. The predicted octanol–water partition coefficient (Wildman–Crippen LogP) is 3.95. The first-order valence-electron chi connectivity index (χ1n) is 9.59. The fraction of sp³-hybridized carbons (Fsp3) is 0.381. The summed E-state index contributed by atoms with van der Waals surface area (Å²) in [5.74, 6) is 0.0544. The molecule has 0 N–H and O–H groups in total. The molecule has 0 saturated carbocycles. The number of aromatic nitrogens is 2. The van der Waals surface area contributed by atoms with E-state index in [2.05, 4.69) is 52.9 Å². The van der Waals surface area contributed by atoms with Gasteiger partial charge in [-0.3, -0.25) is 9.58 Å². The van der Waals surface area contributed by atoms with E-state index in [-0.39, 0.29) is 11.2 Å². The molecule has 146 valence electrons. The first-order valence-corrected chi connectivity index (χ1v) is 12.1. The lowest BCUT2D eigenvalue weighted by Crippen LogP contribution is -2.25. The van der Waals surface area contributed by atoms with E-state index in [0.29, 0.717) is 17.5 Å². The van der Waals surface area contributed by atoms with Crippen LogP contribution >= 0.6 is 11.3 Å². The molecule has 3 aromatic rings. The maximum absolute atomic E-state index is 13.1. The van der Waals surface area contributed by atoms with Crippen LogP contribution in [0.2, 0.25) is 0 Å². The zero-order valence-electron chi connectivity index (χ0n) is 15.9. The summed E-state index contributed by atoms with van der Waals surface area (Å²) in [6, 6.07) is 8.26. The second-order valence-electron chi connectivity index (χ2n) is 8.07. The highest BCUT2D eigenvalue weighted by molar-refractivity contribution is 7.92. The smallest absolute Gasteiger partial charge is 0.183 e. The van der Waals surface area contributed by atoms with E-state index in [9.17, 15) is 8.42 Å². The Balaban J connectivity index is 1.43. The van der Waals surface area contributed by atoms with Gasteiger partial charge in [-0.05, 0) is 59.5 Å². The van der Waals surface area contributed by atoms with Crippen molar-refractivity contribution in [1.29, 1.82) is 0 Å². The summed E-state index contributed by atoms with van der Waals surface area (Å²) in [6.45, 7) is 6.31. The molecule has 2 aliphatic rings. The summed E-state index contributed by atoms with van der Waals surface area (Å²) in [5, 5.41) is 8.23. The molecule has 1 saturated heterocycles. The molecule has 1 fully saturated rings. The van der Waals surface area contributed by atoms with Crippen molar-refractivity contribution in [2.24, 2.45) is 0 Å². The van der Waals surface area contributed by atoms with Crippen LogP contribution < -0.4 is 0 Å². The molecule has 2 aliphatic heterocycles. The Morgan fingerprint density at radius 2 is 2.07 bits per heavy atom. The lowest BCUT2D eigenvalue weighted by Gasteiger charge is -2.16. The van der Waals surface area contributed by atoms with Crippen LogP contribution in [0.4, 0.5) is 0 Å². The number of rotatable bonds is 4. The van der Waals surface area contributed by atoms with Gasteiger partial charge in [-0.25, -0.2) is 8.42 Å². The molecule has 5 nitrogen and oxygen atoms in total. The molecule has 2 aromatic heterocycles. The van der Waals surface area contributed by atoms with Gasteiger partial charge >= 0.3 is 0 Å². The molecule has 1 aromatic carbocycles. The van der Waals surface area contributed by atoms with Crippen molar-refractivity contribution in [1.82, 2.24) is 14.7 Å². The van der Waals surface area contributed by atoms with Gasteiger partial charge in [0.05, 0.1) is 16.3 Å². The number of sulfone groups is 1. The van der Waals surface area contributed by atoms with Gasteiger partial charge in [0, 0.05) is 43.4 Å². The molecule has 0 spiro atoms. The summed E-state index contributed by atoms with van der Waals surface area (Å²) >= 11 is 1.66. The molecule has 0 unspecified atom stereocenters. The minimum absolute atomic E-state index is 0.0544. The molecular formula is C21H23N3O2S2. The average molecular weight is 414 g/mol. The summed E-state index contributed by atoms with van der Waals surface area (Å²) in [6.07, 6.45) is 3.96. The Kier molecular flexibility index (Phi) is 4.23. The predicted molar refractivity (Wildman–Crippen MR) is 111 cm³/mol. The molecule has 0 bridgehead atoms. The van der Waals surface area contributed by atoms with Crippen molar-refractivity contribution in [3.05, 3.63) is 58.5 Å². The number of benzene rings is 1. The summed E-state index contributed by atoms with van der Waals surface area (Å²) in [4.78, 5) is 2.79. The Hall–Kier alpha value is -1.96. The van der Waals surface area contributed by atoms with Crippen LogP contribution in [0.15, 0.2) is 52.3 Å². The maximum Gasteiger partial charge on any atom is 0.183 e. The van der Waals surface area contributed by atoms with E-state index >= 15 is 0 Å². The van der Waals surface area contributed by atoms with Crippen LogP contribution in [0.1, 0.15) is 36.9 Å². The van der Waals surface area contributed by atoms with Gasteiger partial charge in [0.15, 0.2) is 9.84 Å². The molecule has 0 radical (unpaired) electrons. The Labute approximate surface area is 169 Å². The molecule has 2 atom stereocenters. The summed E-state index contributed by atoms with van der Waals surface area (Å²) in [5.41, 5.74) is 4.39. The van der Waals surface area contributed by atoms with E-state index in [1.807, 2.05) is 23.0 Å². The van der Waals surface area contributed by atoms with Gasteiger partial charge in [-0.15, -0.1) is 0 Å². The lowest BCUT2D eigenvalue weighted by atomic mass is 9.95. The van der Waals surface area contributed by atoms with Gasteiger partial charge in [0.2, 0.25) is 0 Å². The summed E-state index contributed by atoms with van der Waals surface area (Å²) in [7, 11) is -3.26. The molecule has 5 rings (SSSR count). The zero-order valence-corrected chi connectivity index (χ0v) is 17.6. The van der Waals surface area contributed by atoms with Crippen LogP contribution in [-0.2, 0) is 16.4 Å². The Morgan fingerprint density at radius 1 is 1.21 bits per heavy atom. The number of fused-ring (bicyclic) bond motifs is 3. The van der Waals surface area contributed by atoms with E-state index < -0.39 is 9.84 Å². The Bertz CT molecular complexity index is 1120. The van der Waals surface area contributed by atoms with Gasteiger partial charge in [0.1, 0.15) is 0 Å². The largest absolute Gasteiger partial charge is 0.297 e. The first kappa shape index (κ1) is 18.1. The third-order valence-corrected chi connectivity index (χ3v) is 8.84. The molecular weight excluding hydrogens is 390 g/mol. The minimum Gasteiger partial charge on any atom is -0.297 e. The molecule has 4 heterocycles. The van der Waals surface area contributed by atoms with Crippen molar-refractivity contribution in [3.8, 4) is 11.1 Å². The van der Waals surface area contributed by atoms with Crippen LogP contribution in [-0.4, -0.2) is 41.4 Å². The Morgan fingerprint density at radius 3 is 2.79 bits per heavy atom. The normalized spacial score (nSPS) is 23.2. The van der Waals surface area contributed by atoms with Crippen LogP contribution in [0.25, 0.3) is 11.1 Å². The second kappa shape index (κ2) is 6.54. The number of nitrogens with zero attached hydrogens (tertiary/aromatic N) is 3. The topological polar surface area (TPSA) is 55.2 Å². The number of hydrogen-bond donors (Lipinski definition) is 0. The third kappa shape index (κ3) is 2.84. The minimum atomic E-state index is -3.26. The number of hydrogen-bond acceptors (Lipinski definition) is 5. The first-order chi connectivity index (χ1) is 13.4. The highest BCUT2D eigenvalue weighted by Crippen LogP contribution is 2.46. The quantitative estimate of drug-likeness (QED) is 0.650. The fourth-order valence-electron chi connectivity index (χ4n) is 4.46. The standard InChI is InChI=1S/C21H23N3O2S2/c1-14(2)24-10-15(8-22-24)9-23-11-19-18-7-16(17-5-6-27-13-17)3-4-20(18)28(25,26)21(19)12-23/h3-8,10,13-14,19,21H,9,11-12H2,1-2H3/t19-,21-/m0/s1. The SMILES string of the molecule is CC(C)n1cc(CN2C[C@H]3c4cc(-c5ccsc5)ccc4S(=O)(=O)[C@H]3C2)cn1. The highest BCUT2D eigenvalue weighted by Gasteiger charge is 2.50. The number of thiophene rings is 1. The average Bonchev–Trinajstić information content (AvgIpc) is 3.43. The maximum atomic E-state index is 13.1. The molecule has 0 aliphatic carbocycles. The van der Waals surface area contributed by atoms with E-state index in [0.717, 1.165) is 35.3 Å². The van der Waals surface area contributed by atoms with Gasteiger partial charge in [-0.1, -0.05) is 6.07 Å². The van der Waals surface area contributed by atoms with E-state index in [4.69, 9.17) is 0 Å². The van der Waals surface area contributed by atoms with Crippen molar-refractivity contribution in [2.75, 3.05) is 13.1 Å². The summed E-state index contributed by atoms with van der Waals surface area (Å²) < 4.78 is 28.2. The van der Waals surface area contributed by atoms with E-state index in [1.165, 1.54) is 0 Å². The van der Waals surface area contributed by atoms with Crippen molar-refractivity contribution in [3.63, 3.8) is 0 Å². The fourth-order valence-corrected chi connectivity index (χ4v) is 7.32. The van der Waals surface area contributed by atoms with E-state index in [1.54, 1.807) is 11.3 Å². The second-order valence-corrected chi connectivity index (χ2v) is 11.0. The zero-order chi connectivity index (χ0) is 19.5. The van der Waals surface area contributed by atoms with Crippen LogP contribution in [0.5, 0.6) is 0 Å². The lowest BCUT2D eigenvalue weighted by molar-refractivity contribution is 0.325. The van der Waals surface area contributed by atoms with Crippen LogP contribution in [0.3, 0.4) is 0 Å². The van der Waals surface area contributed by atoms with Crippen LogP contribution in [0, 0.1) is 0 Å². The third-order valence-electron chi connectivity index (χ3n) is 5.90. The molecule has 28 heavy (non-hydrogen) atoms. The van der Waals surface area contributed by atoms with Gasteiger partial charge in [0.25, 0.3) is 0 Å². The van der Waals surface area contributed by atoms with Gasteiger partial charge in [-0.2, -0.15) is 16.4 Å². The molecule has 7 heteroatoms. The van der Waals surface area contributed by atoms with Gasteiger partial charge < -0.3 is 0 Å². The molecule has 0 amide bonds.